The number of methoxy groups -OCH3 is 1. The Morgan fingerprint density at radius 2 is 1.33 bits per heavy atom. The van der Waals surface area contributed by atoms with Crippen LogP contribution in [0.4, 0.5) is 4.79 Å². The SMILES string of the molecule is CCCCCNC(=O)C[C@H](NC(=O)[C@@H](NC(=O)OC)C(C)C)C(=O)N[C@@H](CC(C)C)[C@@H](O)C[C@@H](C)C(=O)N[C@H](C(=O)NCc1ccccc1)C(C)C. The minimum atomic E-state index is -1.33. The number of carbonyl (C=O) groups excluding carboxylic acids is 6. The first-order chi connectivity index (χ1) is 24.5. The smallest absolute Gasteiger partial charge is 0.407 e. The molecule has 1 rings (SSSR count). The molecule has 0 aliphatic rings. The fourth-order valence-corrected chi connectivity index (χ4v) is 5.51. The van der Waals surface area contributed by atoms with Crippen LogP contribution in [0.3, 0.4) is 0 Å². The molecule has 0 fully saturated rings. The van der Waals surface area contributed by atoms with Crippen molar-refractivity contribution < 1.29 is 38.6 Å². The molecule has 6 atom stereocenters. The first-order valence-electron chi connectivity index (χ1n) is 18.5. The van der Waals surface area contributed by atoms with E-state index in [1.165, 1.54) is 7.11 Å². The Bertz CT molecular complexity index is 1280. The van der Waals surface area contributed by atoms with Crippen molar-refractivity contribution in [2.75, 3.05) is 13.7 Å². The van der Waals surface area contributed by atoms with E-state index in [2.05, 4.69) is 36.6 Å². The average molecular weight is 733 g/mol. The standard InChI is InChI=1S/C38H64N6O8/c1-10-11-15-18-39-31(46)21-29(42-37(50)33(25(6)7)44-38(51)52-9)35(48)41-28(19-23(2)3)30(45)20-26(8)34(47)43-32(24(4)5)36(49)40-22-27-16-13-12-14-17-27/h12-14,16-17,23-26,28-30,32-33,45H,10-11,15,18-22H2,1-9H3,(H,39,46)(H,40,49)(H,41,48)(H,42,50)(H,43,47)(H,44,51)/t26-,28+,29+,30+,32+,33+/m1/s1. The van der Waals surface area contributed by atoms with E-state index in [0.29, 0.717) is 19.5 Å². The van der Waals surface area contributed by atoms with Gasteiger partial charge in [0.25, 0.3) is 0 Å². The maximum atomic E-state index is 13.8. The van der Waals surface area contributed by atoms with Crippen LogP contribution in [0.25, 0.3) is 0 Å². The molecule has 1 aromatic rings. The number of hydrogen-bond donors (Lipinski definition) is 7. The summed E-state index contributed by atoms with van der Waals surface area (Å²) in [5.74, 6) is -3.88. The fraction of sp³-hybridized carbons (Fsp3) is 0.684. The van der Waals surface area contributed by atoms with Gasteiger partial charge in [0.05, 0.1) is 25.7 Å². The maximum Gasteiger partial charge on any atom is 0.407 e. The highest BCUT2D eigenvalue weighted by Gasteiger charge is 2.34. The highest BCUT2D eigenvalue weighted by Crippen LogP contribution is 2.17. The molecule has 52 heavy (non-hydrogen) atoms. The Balaban J connectivity index is 3.10. The first kappa shape index (κ1) is 45.8. The molecule has 294 valence electrons. The van der Waals surface area contributed by atoms with Crippen LogP contribution in [0.1, 0.15) is 99.5 Å². The summed E-state index contributed by atoms with van der Waals surface area (Å²) in [4.78, 5) is 78.3. The fourth-order valence-electron chi connectivity index (χ4n) is 5.51. The minimum absolute atomic E-state index is 0.0206. The zero-order chi connectivity index (χ0) is 39.4. The molecule has 6 amide bonds. The highest BCUT2D eigenvalue weighted by molar-refractivity contribution is 5.94. The molecule has 0 spiro atoms. The molecule has 0 aromatic heterocycles. The predicted molar refractivity (Wildman–Crippen MR) is 199 cm³/mol. The molecule has 7 N–H and O–H groups in total. The molecule has 0 heterocycles. The van der Waals surface area contributed by atoms with Gasteiger partial charge in [-0.05, 0) is 42.6 Å². The lowest BCUT2D eigenvalue weighted by molar-refractivity contribution is -0.134. The number of hydrogen-bond acceptors (Lipinski definition) is 8. The number of aliphatic hydroxyl groups is 1. The Labute approximate surface area is 309 Å². The molecule has 0 unspecified atom stereocenters. The van der Waals surface area contributed by atoms with Crippen molar-refractivity contribution in [3.8, 4) is 0 Å². The van der Waals surface area contributed by atoms with Crippen molar-refractivity contribution in [2.45, 2.75) is 131 Å². The second-order valence-electron chi connectivity index (χ2n) is 14.6. The van der Waals surface area contributed by atoms with Crippen LogP contribution in [0.5, 0.6) is 0 Å². The summed E-state index contributed by atoms with van der Waals surface area (Å²) in [6.45, 7) is 15.3. The van der Waals surface area contributed by atoms with Crippen LogP contribution in [0.15, 0.2) is 30.3 Å². The van der Waals surface area contributed by atoms with E-state index in [1.807, 2.05) is 65.0 Å². The molecule has 14 nitrogen and oxygen atoms in total. The van der Waals surface area contributed by atoms with Gasteiger partial charge >= 0.3 is 6.09 Å². The monoisotopic (exact) mass is 732 g/mol. The average Bonchev–Trinajstić information content (AvgIpc) is 3.09. The minimum Gasteiger partial charge on any atom is -0.453 e. The quantitative estimate of drug-likeness (QED) is 0.0832. The van der Waals surface area contributed by atoms with Crippen LogP contribution < -0.4 is 31.9 Å². The van der Waals surface area contributed by atoms with E-state index >= 15 is 0 Å². The van der Waals surface area contributed by atoms with Crippen LogP contribution in [-0.2, 0) is 35.3 Å². The molecule has 0 radical (unpaired) electrons. The molecule has 0 aliphatic heterocycles. The van der Waals surface area contributed by atoms with Crippen LogP contribution in [-0.4, -0.2) is 84.7 Å². The number of benzene rings is 1. The van der Waals surface area contributed by atoms with Gasteiger partial charge in [0.2, 0.25) is 29.5 Å². The molecular formula is C38H64N6O8. The predicted octanol–water partition coefficient (Wildman–Crippen LogP) is 2.92. The summed E-state index contributed by atoms with van der Waals surface area (Å²) < 4.78 is 4.65. The van der Waals surface area contributed by atoms with E-state index in [9.17, 15) is 33.9 Å². The van der Waals surface area contributed by atoms with E-state index < -0.39 is 65.9 Å². The number of carbonyl (C=O) groups is 6. The summed E-state index contributed by atoms with van der Waals surface area (Å²) in [6.07, 6.45) is 0.555. The first-order valence-corrected chi connectivity index (χ1v) is 18.5. The van der Waals surface area contributed by atoms with E-state index in [4.69, 9.17) is 0 Å². The molecule has 1 aromatic carbocycles. The second-order valence-corrected chi connectivity index (χ2v) is 14.6. The zero-order valence-corrected chi connectivity index (χ0v) is 32.5. The van der Waals surface area contributed by atoms with Crippen LogP contribution in [0.2, 0.25) is 0 Å². The van der Waals surface area contributed by atoms with Gasteiger partial charge in [-0.1, -0.05) is 98.6 Å². The van der Waals surface area contributed by atoms with E-state index in [0.717, 1.165) is 24.8 Å². The highest BCUT2D eigenvalue weighted by atomic mass is 16.5. The topological polar surface area (TPSA) is 204 Å². The summed E-state index contributed by atoms with van der Waals surface area (Å²) in [6, 6.07) is 5.40. The summed E-state index contributed by atoms with van der Waals surface area (Å²) in [5, 5.41) is 27.8. The summed E-state index contributed by atoms with van der Waals surface area (Å²) >= 11 is 0. The molecule has 0 saturated heterocycles. The van der Waals surface area contributed by atoms with Crippen LogP contribution in [0, 0.1) is 23.7 Å². The third-order valence-corrected chi connectivity index (χ3v) is 8.65. The number of aliphatic hydroxyl groups excluding tert-OH is 1. The number of ether oxygens (including phenoxy) is 1. The van der Waals surface area contributed by atoms with Gasteiger partial charge < -0.3 is 41.7 Å². The molecule has 0 aliphatic carbocycles. The van der Waals surface area contributed by atoms with E-state index in [1.54, 1.807) is 20.8 Å². The van der Waals surface area contributed by atoms with Crippen molar-refractivity contribution in [3.05, 3.63) is 35.9 Å². The van der Waals surface area contributed by atoms with Gasteiger partial charge in [0.15, 0.2) is 0 Å². The zero-order valence-electron chi connectivity index (χ0n) is 32.5. The molecule has 0 saturated carbocycles. The lowest BCUT2D eigenvalue weighted by Crippen LogP contribution is -2.58. The van der Waals surface area contributed by atoms with Gasteiger partial charge in [-0.25, -0.2) is 4.79 Å². The third-order valence-electron chi connectivity index (χ3n) is 8.65. The summed E-state index contributed by atoms with van der Waals surface area (Å²) in [5.41, 5.74) is 0.923. The summed E-state index contributed by atoms with van der Waals surface area (Å²) in [7, 11) is 1.17. The van der Waals surface area contributed by atoms with Crippen molar-refractivity contribution in [1.29, 1.82) is 0 Å². The van der Waals surface area contributed by atoms with Crippen molar-refractivity contribution in [2.24, 2.45) is 23.7 Å². The van der Waals surface area contributed by atoms with Crippen LogP contribution >= 0.6 is 0 Å². The molecule has 0 bridgehead atoms. The maximum absolute atomic E-state index is 13.8. The Kier molecular flexibility index (Phi) is 21.3. The lowest BCUT2D eigenvalue weighted by atomic mass is 9.91. The van der Waals surface area contributed by atoms with Gasteiger partial charge in [-0.3, -0.25) is 24.0 Å². The number of amides is 6. The van der Waals surface area contributed by atoms with Gasteiger partial charge in [0.1, 0.15) is 18.1 Å². The number of nitrogens with one attached hydrogen (secondary N) is 6. The lowest BCUT2D eigenvalue weighted by Gasteiger charge is -2.30. The van der Waals surface area contributed by atoms with Crippen molar-refractivity contribution in [1.82, 2.24) is 31.9 Å². The second kappa shape index (κ2) is 24.1. The number of rotatable bonds is 23. The Morgan fingerprint density at radius 1 is 0.712 bits per heavy atom. The largest absolute Gasteiger partial charge is 0.453 e. The van der Waals surface area contributed by atoms with Gasteiger partial charge in [-0.15, -0.1) is 0 Å². The molecular weight excluding hydrogens is 668 g/mol. The third kappa shape index (κ3) is 17.3. The normalized spacial score (nSPS) is 14.7. The van der Waals surface area contributed by atoms with Crippen molar-refractivity contribution >= 4 is 35.6 Å². The Hall–Kier alpha value is -4.20. The molecule has 14 heteroatoms. The number of unbranched alkanes of at least 4 members (excludes halogenated alkanes) is 2. The van der Waals surface area contributed by atoms with Gasteiger partial charge in [-0.2, -0.15) is 0 Å². The van der Waals surface area contributed by atoms with Crippen molar-refractivity contribution in [3.63, 3.8) is 0 Å². The Morgan fingerprint density at radius 3 is 1.88 bits per heavy atom. The van der Waals surface area contributed by atoms with E-state index in [-0.39, 0.29) is 36.5 Å². The number of alkyl carbamates (subject to hydrolysis) is 1. The van der Waals surface area contributed by atoms with Gasteiger partial charge in [0, 0.05) is 19.0 Å².